The van der Waals surface area contributed by atoms with E-state index in [1.54, 1.807) is 13.0 Å². The molecule has 0 spiro atoms. The highest BCUT2D eigenvalue weighted by atomic mass is 32.1. The fourth-order valence-corrected chi connectivity index (χ4v) is 4.34. The van der Waals surface area contributed by atoms with Crippen molar-refractivity contribution in [3.05, 3.63) is 56.2 Å². The Morgan fingerprint density at radius 2 is 2.07 bits per heavy atom. The number of aryl methyl sites for hydroxylation is 1. The Kier molecular flexibility index (Phi) is 6.29. The Labute approximate surface area is 171 Å². The number of carbonyl (C=O) groups is 1. The lowest BCUT2D eigenvalue weighted by atomic mass is 10.2. The molecule has 0 aliphatic carbocycles. The van der Waals surface area contributed by atoms with Crippen LogP contribution in [0.5, 0.6) is 5.75 Å². The number of ether oxygens (including phenoxy) is 2. The molecule has 2 heterocycles. The third kappa shape index (κ3) is 4.30. The fraction of sp³-hybridized carbons (Fsp3) is 0.350. The lowest BCUT2D eigenvalue weighted by Gasteiger charge is -2.17. The molecule has 0 aliphatic heterocycles. The zero-order valence-corrected chi connectivity index (χ0v) is 17.5. The molecule has 7 nitrogen and oxygen atoms in total. The average molecular weight is 420 g/mol. The summed E-state index contributed by atoms with van der Waals surface area (Å²) in [6, 6.07) is 4.88. The standard InChI is InChI=1S/C20H22FN3O4S/c1-5-24(9-12-6-7-14(27-3)13(21)8-12)10-15-22-18(25)16-11(2)17(20(26)28-4)29-19(16)23-15/h6-8H,5,9-10H2,1-4H3,(H,22,23,25)/p+1. The summed E-state index contributed by atoms with van der Waals surface area (Å²) < 4.78 is 23.7. The lowest BCUT2D eigenvalue weighted by molar-refractivity contribution is -0.926. The van der Waals surface area contributed by atoms with E-state index in [9.17, 15) is 14.0 Å². The summed E-state index contributed by atoms with van der Waals surface area (Å²) in [4.78, 5) is 33.8. The summed E-state index contributed by atoms with van der Waals surface area (Å²) in [5, 5.41) is 0.412. The molecule has 0 amide bonds. The first kappa shape index (κ1) is 20.9. The Morgan fingerprint density at radius 1 is 1.31 bits per heavy atom. The maximum atomic E-state index is 14.0. The summed E-state index contributed by atoms with van der Waals surface area (Å²) in [7, 11) is 2.73. The second-order valence-electron chi connectivity index (χ2n) is 6.67. The van der Waals surface area contributed by atoms with Crippen LogP contribution in [0.15, 0.2) is 23.0 Å². The molecule has 0 saturated carbocycles. The number of quaternary nitrogens is 1. The Hall–Kier alpha value is -2.78. The van der Waals surface area contributed by atoms with Crippen molar-refractivity contribution in [2.45, 2.75) is 26.9 Å². The largest absolute Gasteiger partial charge is 0.494 e. The van der Waals surface area contributed by atoms with Gasteiger partial charge in [-0.25, -0.2) is 14.2 Å². The van der Waals surface area contributed by atoms with Crippen molar-refractivity contribution in [3.8, 4) is 5.75 Å². The summed E-state index contributed by atoms with van der Waals surface area (Å²) in [6.07, 6.45) is 0. The van der Waals surface area contributed by atoms with Crippen LogP contribution in [0, 0.1) is 12.7 Å². The number of aromatic nitrogens is 2. The fourth-order valence-electron chi connectivity index (χ4n) is 3.22. The minimum atomic E-state index is -0.478. The van der Waals surface area contributed by atoms with Gasteiger partial charge in [-0.15, -0.1) is 11.3 Å². The minimum Gasteiger partial charge on any atom is -0.494 e. The van der Waals surface area contributed by atoms with E-state index < -0.39 is 11.8 Å². The van der Waals surface area contributed by atoms with E-state index >= 15 is 0 Å². The highest BCUT2D eigenvalue weighted by Gasteiger charge is 2.21. The van der Waals surface area contributed by atoms with Gasteiger partial charge in [0.2, 0.25) is 0 Å². The maximum Gasteiger partial charge on any atom is 0.348 e. The molecule has 1 atom stereocenters. The summed E-state index contributed by atoms with van der Waals surface area (Å²) in [5.74, 6) is -0.157. The van der Waals surface area contributed by atoms with Gasteiger partial charge in [-0.3, -0.25) is 4.79 Å². The molecule has 0 fully saturated rings. The number of fused-ring (bicyclic) bond motifs is 1. The monoisotopic (exact) mass is 420 g/mol. The number of hydrogen-bond donors (Lipinski definition) is 2. The van der Waals surface area contributed by atoms with Gasteiger partial charge in [-0.1, -0.05) is 0 Å². The van der Waals surface area contributed by atoms with Gasteiger partial charge in [0, 0.05) is 5.56 Å². The van der Waals surface area contributed by atoms with Crippen LogP contribution < -0.4 is 15.2 Å². The topological polar surface area (TPSA) is 85.7 Å². The first-order valence-electron chi connectivity index (χ1n) is 9.14. The van der Waals surface area contributed by atoms with Crippen LogP contribution in [0.4, 0.5) is 4.39 Å². The zero-order valence-electron chi connectivity index (χ0n) is 16.7. The van der Waals surface area contributed by atoms with Crippen molar-refractivity contribution < 1.29 is 23.6 Å². The van der Waals surface area contributed by atoms with E-state index in [-0.39, 0.29) is 11.3 Å². The molecular formula is C20H23FN3O4S+. The number of carbonyl (C=O) groups excluding carboxylic acids is 1. The predicted molar refractivity (Wildman–Crippen MR) is 108 cm³/mol. The highest BCUT2D eigenvalue weighted by molar-refractivity contribution is 7.20. The molecule has 3 rings (SSSR count). The Bertz CT molecular complexity index is 1110. The number of nitrogens with one attached hydrogen (secondary N) is 2. The molecule has 2 aromatic heterocycles. The van der Waals surface area contributed by atoms with E-state index in [2.05, 4.69) is 9.97 Å². The van der Waals surface area contributed by atoms with Crippen LogP contribution in [0.2, 0.25) is 0 Å². The van der Waals surface area contributed by atoms with Crippen molar-refractivity contribution in [2.24, 2.45) is 0 Å². The quantitative estimate of drug-likeness (QED) is 0.570. The van der Waals surface area contributed by atoms with Gasteiger partial charge >= 0.3 is 5.97 Å². The maximum absolute atomic E-state index is 14.0. The number of H-pyrrole nitrogens is 1. The SMILES string of the molecule is CC[NH+](Cc1ccc(OC)c(F)c1)Cc1nc2sc(C(=O)OC)c(C)c2c(=O)[nH]1. The van der Waals surface area contributed by atoms with Gasteiger partial charge in [-0.05, 0) is 37.6 Å². The van der Waals surface area contributed by atoms with Gasteiger partial charge in [-0.2, -0.15) is 0 Å². The van der Waals surface area contributed by atoms with Crippen LogP contribution >= 0.6 is 11.3 Å². The number of thiophene rings is 1. The molecule has 2 N–H and O–H groups in total. The molecule has 9 heteroatoms. The number of aromatic amines is 1. The Morgan fingerprint density at radius 3 is 2.69 bits per heavy atom. The number of rotatable bonds is 7. The second kappa shape index (κ2) is 8.71. The molecule has 0 aliphatic rings. The number of hydrogen-bond acceptors (Lipinski definition) is 6. The van der Waals surface area contributed by atoms with Gasteiger partial charge in [0.25, 0.3) is 5.56 Å². The molecule has 29 heavy (non-hydrogen) atoms. The van der Waals surface area contributed by atoms with Crippen molar-refractivity contribution >= 4 is 27.5 Å². The molecule has 3 aromatic rings. The number of methoxy groups -OCH3 is 2. The Balaban J connectivity index is 1.86. The van der Waals surface area contributed by atoms with E-state index in [0.717, 1.165) is 28.3 Å². The molecule has 0 saturated heterocycles. The number of nitrogens with zero attached hydrogens (tertiary/aromatic N) is 1. The summed E-state index contributed by atoms with van der Waals surface area (Å²) in [6.45, 7) is 5.50. The second-order valence-corrected chi connectivity index (χ2v) is 7.67. The predicted octanol–water partition coefficient (Wildman–Crippen LogP) is 1.83. The van der Waals surface area contributed by atoms with E-state index in [4.69, 9.17) is 9.47 Å². The molecule has 0 bridgehead atoms. The summed E-state index contributed by atoms with van der Waals surface area (Å²) in [5.41, 5.74) is 1.12. The lowest BCUT2D eigenvalue weighted by Crippen LogP contribution is -3.09. The zero-order chi connectivity index (χ0) is 21.1. The van der Waals surface area contributed by atoms with E-state index in [1.165, 1.54) is 20.3 Å². The molecule has 1 unspecified atom stereocenters. The van der Waals surface area contributed by atoms with E-state index in [0.29, 0.717) is 39.6 Å². The number of benzene rings is 1. The molecule has 1 aromatic carbocycles. The third-order valence-electron chi connectivity index (χ3n) is 4.81. The van der Waals surface area contributed by atoms with Crippen LogP contribution in [0.25, 0.3) is 10.2 Å². The van der Waals surface area contributed by atoms with Gasteiger partial charge in [0.15, 0.2) is 17.4 Å². The molecular weight excluding hydrogens is 397 g/mol. The van der Waals surface area contributed by atoms with E-state index in [1.807, 2.05) is 13.0 Å². The normalized spacial score (nSPS) is 12.2. The number of halogens is 1. The summed E-state index contributed by atoms with van der Waals surface area (Å²) >= 11 is 1.15. The third-order valence-corrected chi connectivity index (χ3v) is 5.97. The van der Waals surface area contributed by atoms with Crippen LogP contribution in [-0.4, -0.2) is 36.7 Å². The molecule has 0 radical (unpaired) electrons. The minimum absolute atomic E-state index is 0.206. The van der Waals surface area contributed by atoms with Crippen LogP contribution in [0.1, 0.15) is 33.5 Å². The van der Waals surface area contributed by atoms with Gasteiger partial charge in [0.05, 0.1) is 26.2 Å². The van der Waals surface area contributed by atoms with Gasteiger partial charge < -0.3 is 19.4 Å². The van der Waals surface area contributed by atoms with Crippen LogP contribution in [-0.2, 0) is 17.8 Å². The molecule has 154 valence electrons. The van der Waals surface area contributed by atoms with Gasteiger partial charge in [0.1, 0.15) is 22.8 Å². The van der Waals surface area contributed by atoms with Crippen molar-refractivity contribution in [1.29, 1.82) is 0 Å². The smallest absolute Gasteiger partial charge is 0.348 e. The first-order valence-corrected chi connectivity index (χ1v) is 9.96. The van der Waals surface area contributed by atoms with Crippen molar-refractivity contribution in [1.82, 2.24) is 9.97 Å². The van der Waals surface area contributed by atoms with Crippen LogP contribution in [0.3, 0.4) is 0 Å². The number of esters is 1. The highest BCUT2D eigenvalue weighted by Crippen LogP contribution is 2.27. The average Bonchev–Trinajstić information content (AvgIpc) is 3.03. The van der Waals surface area contributed by atoms with Crippen molar-refractivity contribution in [2.75, 3.05) is 20.8 Å². The first-order chi connectivity index (χ1) is 13.9. The van der Waals surface area contributed by atoms with Crippen molar-refractivity contribution in [3.63, 3.8) is 0 Å².